The number of aromatic nitrogens is 1. The van der Waals surface area contributed by atoms with Crippen LogP contribution in [-0.4, -0.2) is 17.6 Å². The number of nitrogens with two attached hydrogens (primary N) is 1. The Bertz CT molecular complexity index is 547. The van der Waals surface area contributed by atoms with Crippen LogP contribution in [0.5, 0.6) is 0 Å². The molecule has 0 fully saturated rings. The summed E-state index contributed by atoms with van der Waals surface area (Å²) in [5.74, 6) is -0.342. The number of nitrogen functional groups attached to an aromatic ring is 1. The van der Waals surface area contributed by atoms with Gasteiger partial charge in [0, 0.05) is 6.20 Å². The molecular formula is C12H14N2O2S2. The summed E-state index contributed by atoms with van der Waals surface area (Å²) < 4.78 is 5.02. The lowest BCUT2D eigenvalue weighted by atomic mass is 10.1. The van der Waals surface area contributed by atoms with Gasteiger partial charge in [-0.1, -0.05) is 6.92 Å². The van der Waals surface area contributed by atoms with E-state index in [-0.39, 0.29) is 5.97 Å². The topological polar surface area (TPSA) is 65.2 Å². The summed E-state index contributed by atoms with van der Waals surface area (Å²) in [6.45, 7) is 4.16. The van der Waals surface area contributed by atoms with Gasteiger partial charge < -0.3 is 10.5 Å². The molecule has 0 bridgehead atoms. The molecule has 2 aromatic rings. The zero-order valence-corrected chi connectivity index (χ0v) is 11.9. The second kappa shape index (κ2) is 5.49. The Labute approximate surface area is 113 Å². The van der Waals surface area contributed by atoms with Crippen molar-refractivity contribution in [3.63, 3.8) is 0 Å². The summed E-state index contributed by atoms with van der Waals surface area (Å²) >= 11 is 2.93. The van der Waals surface area contributed by atoms with Crippen LogP contribution in [-0.2, 0) is 11.2 Å². The summed E-state index contributed by atoms with van der Waals surface area (Å²) in [7, 11) is 0. The second-order valence-corrected chi connectivity index (χ2v) is 5.50. The number of carbonyl (C=O) groups is 1. The van der Waals surface area contributed by atoms with Crippen LogP contribution in [0.1, 0.15) is 29.1 Å². The maximum Gasteiger partial charge on any atom is 0.350 e. The Morgan fingerprint density at radius 2 is 2.28 bits per heavy atom. The Hall–Kier alpha value is -1.40. The van der Waals surface area contributed by atoms with Crippen molar-refractivity contribution < 1.29 is 9.53 Å². The van der Waals surface area contributed by atoms with E-state index in [1.165, 1.54) is 11.3 Å². The first-order valence-electron chi connectivity index (χ1n) is 5.66. The molecule has 2 aromatic heterocycles. The first-order chi connectivity index (χ1) is 8.69. The minimum absolute atomic E-state index is 0.342. The second-order valence-electron chi connectivity index (χ2n) is 3.59. The fourth-order valence-corrected chi connectivity index (χ4v) is 3.67. The molecule has 0 saturated carbocycles. The van der Waals surface area contributed by atoms with Crippen molar-refractivity contribution in [1.29, 1.82) is 0 Å². The molecule has 2 rings (SSSR count). The molecule has 0 saturated heterocycles. The van der Waals surface area contributed by atoms with E-state index in [0.29, 0.717) is 17.2 Å². The molecule has 0 aliphatic carbocycles. The van der Waals surface area contributed by atoms with Crippen molar-refractivity contribution in [2.75, 3.05) is 12.3 Å². The van der Waals surface area contributed by atoms with Crippen LogP contribution < -0.4 is 5.73 Å². The Kier molecular flexibility index (Phi) is 3.98. The third-order valence-electron chi connectivity index (χ3n) is 2.52. The summed E-state index contributed by atoms with van der Waals surface area (Å²) in [6, 6.07) is 0. The average Bonchev–Trinajstić information content (AvgIpc) is 2.96. The summed E-state index contributed by atoms with van der Waals surface area (Å²) in [5.41, 5.74) is 9.37. The van der Waals surface area contributed by atoms with Crippen LogP contribution >= 0.6 is 22.7 Å². The predicted octanol–water partition coefficient (Wildman–Crippen LogP) is 3.19. The number of anilines is 1. The van der Waals surface area contributed by atoms with Gasteiger partial charge in [-0.3, -0.25) is 4.98 Å². The molecule has 6 heteroatoms. The van der Waals surface area contributed by atoms with Gasteiger partial charge in [-0.2, -0.15) is 0 Å². The minimum Gasteiger partial charge on any atom is -0.462 e. The highest BCUT2D eigenvalue weighted by Crippen LogP contribution is 2.40. The lowest BCUT2D eigenvalue weighted by Gasteiger charge is -2.00. The predicted molar refractivity (Wildman–Crippen MR) is 75.2 cm³/mol. The van der Waals surface area contributed by atoms with E-state index in [2.05, 4.69) is 4.98 Å². The molecule has 96 valence electrons. The van der Waals surface area contributed by atoms with Gasteiger partial charge >= 0.3 is 5.97 Å². The number of hydrogen-bond acceptors (Lipinski definition) is 6. The first kappa shape index (κ1) is 13.0. The number of esters is 1. The molecule has 0 unspecified atom stereocenters. The number of hydrogen-bond donors (Lipinski definition) is 1. The molecule has 0 spiro atoms. The molecular weight excluding hydrogens is 268 g/mol. The highest BCUT2D eigenvalue weighted by Gasteiger charge is 2.22. The highest BCUT2D eigenvalue weighted by atomic mass is 32.1. The Morgan fingerprint density at radius 3 is 2.83 bits per heavy atom. The molecule has 0 aromatic carbocycles. The van der Waals surface area contributed by atoms with Gasteiger partial charge in [-0.25, -0.2) is 4.79 Å². The molecule has 0 aliphatic heterocycles. The van der Waals surface area contributed by atoms with Gasteiger partial charge in [0.25, 0.3) is 0 Å². The molecule has 0 aliphatic rings. The van der Waals surface area contributed by atoms with Gasteiger partial charge in [0.2, 0.25) is 0 Å². The normalized spacial score (nSPS) is 10.6. The largest absolute Gasteiger partial charge is 0.462 e. The lowest BCUT2D eigenvalue weighted by Crippen LogP contribution is -2.05. The van der Waals surface area contributed by atoms with Crippen LogP contribution in [0, 0.1) is 0 Å². The molecule has 2 heterocycles. The summed E-state index contributed by atoms with van der Waals surface area (Å²) in [4.78, 5) is 18.4. The fraction of sp³-hybridized carbons (Fsp3) is 0.333. The average molecular weight is 282 g/mol. The maximum atomic E-state index is 11.8. The number of thiophene rings is 1. The number of nitrogens with zero attached hydrogens (tertiary/aromatic N) is 1. The van der Waals surface area contributed by atoms with E-state index in [1.807, 2.05) is 6.92 Å². The SMILES string of the molecule is CCOC(=O)c1sc(-c2cncs2)c(CC)c1N. The Morgan fingerprint density at radius 1 is 1.50 bits per heavy atom. The van der Waals surface area contributed by atoms with Crippen molar-refractivity contribution in [3.05, 3.63) is 22.1 Å². The van der Waals surface area contributed by atoms with Gasteiger partial charge in [-0.15, -0.1) is 22.7 Å². The van der Waals surface area contributed by atoms with Crippen molar-refractivity contribution in [2.24, 2.45) is 0 Å². The summed E-state index contributed by atoms with van der Waals surface area (Å²) in [6.07, 6.45) is 2.58. The van der Waals surface area contributed by atoms with Gasteiger partial charge in [0.15, 0.2) is 0 Å². The van der Waals surface area contributed by atoms with Crippen LogP contribution in [0.4, 0.5) is 5.69 Å². The number of carbonyl (C=O) groups excluding carboxylic acids is 1. The molecule has 0 radical (unpaired) electrons. The van der Waals surface area contributed by atoms with E-state index in [9.17, 15) is 4.79 Å². The monoisotopic (exact) mass is 282 g/mol. The number of thiazole rings is 1. The van der Waals surface area contributed by atoms with Crippen LogP contribution in [0.2, 0.25) is 0 Å². The molecule has 18 heavy (non-hydrogen) atoms. The fourth-order valence-electron chi connectivity index (χ4n) is 1.70. The third-order valence-corrected chi connectivity index (χ3v) is 4.70. The maximum absolute atomic E-state index is 11.8. The van der Waals surface area contributed by atoms with E-state index in [0.717, 1.165) is 21.7 Å². The van der Waals surface area contributed by atoms with Crippen molar-refractivity contribution in [1.82, 2.24) is 4.98 Å². The zero-order valence-electron chi connectivity index (χ0n) is 10.2. The quantitative estimate of drug-likeness (QED) is 0.875. The van der Waals surface area contributed by atoms with Gasteiger partial charge in [0.1, 0.15) is 4.88 Å². The smallest absolute Gasteiger partial charge is 0.350 e. The van der Waals surface area contributed by atoms with Crippen molar-refractivity contribution in [2.45, 2.75) is 20.3 Å². The first-order valence-corrected chi connectivity index (χ1v) is 7.35. The van der Waals surface area contributed by atoms with Crippen LogP contribution in [0.3, 0.4) is 0 Å². The van der Waals surface area contributed by atoms with Gasteiger partial charge in [-0.05, 0) is 18.9 Å². The Balaban J connectivity index is 2.49. The highest BCUT2D eigenvalue weighted by molar-refractivity contribution is 7.22. The minimum atomic E-state index is -0.342. The molecule has 2 N–H and O–H groups in total. The van der Waals surface area contributed by atoms with Crippen LogP contribution in [0.15, 0.2) is 11.7 Å². The van der Waals surface area contributed by atoms with E-state index in [4.69, 9.17) is 10.5 Å². The van der Waals surface area contributed by atoms with Crippen LogP contribution in [0.25, 0.3) is 9.75 Å². The summed E-state index contributed by atoms with van der Waals surface area (Å²) in [5, 5.41) is 0. The van der Waals surface area contributed by atoms with E-state index < -0.39 is 0 Å². The molecule has 0 amide bonds. The lowest BCUT2D eigenvalue weighted by molar-refractivity contribution is 0.0533. The standard InChI is InChI=1S/C12H14N2O2S2/c1-3-7-9(13)11(12(15)16-4-2)18-10(7)8-5-14-6-17-8/h5-6H,3-4,13H2,1-2H3. The van der Waals surface area contributed by atoms with E-state index >= 15 is 0 Å². The van der Waals surface area contributed by atoms with E-state index in [1.54, 1.807) is 30.0 Å². The third kappa shape index (κ3) is 2.26. The molecule has 0 atom stereocenters. The number of rotatable bonds is 4. The van der Waals surface area contributed by atoms with Crippen molar-refractivity contribution in [3.8, 4) is 9.75 Å². The molecule has 4 nitrogen and oxygen atoms in total. The van der Waals surface area contributed by atoms with Crippen molar-refractivity contribution >= 4 is 34.3 Å². The zero-order chi connectivity index (χ0) is 13.1. The van der Waals surface area contributed by atoms with Gasteiger partial charge in [0.05, 0.1) is 27.6 Å². The number of ether oxygens (including phenoxy) is 1.